The average molecular weight is 376 g/mol. The summed E-state index contributed by atoms with van der Waals surface area (Å²) in [6.45, 7) is 2.22. The number of H-pyrrole nitrogens is 1. The zero-order valence-corrected chi connectivity index (χ0v) is 13.1. The Labute approximate surface area is 124 Å². The number of nitrogens with zero attached hydrogens (tertiary/aromatic N) is 1. The third-order valence-electron chi connectivity index (χ3n) is 3.94. The molecular weight excluding hydrogens is 362 g/mol. The molecule has 1 fully saturated rings. The van der Waals surface area contributed by atoms with E-state index in [1.807, 2.05) is 28.7 Å². The minimum absolute atomic E-state index is 0.0363. The SMILES string of the molecule is CC1(n2c(=S)[nH]c3cc(I)c(F)cc32)CCCC1. The molecule has 1 aliphatic rings. The molecule has 0 aliphatic heterocycles. The smallest absolute Gasteiger partial charge is 0.178 e. The molecule has 96 valence electrons. The standard InChI is InChI=1S/C13H14FIN2S/c1-13(4-2-3-5-13)17-11-6-8(14)9(15)7-10(11)16-12(17)18/h6-7H,2-5H2,1H3,(H,16,18). The van der Waals surface area contributed by atoms with Crippen molar-refractivity contribution in [3.63, 3.8) is 0 Å². The Hall–Kier alpha value is -0.430. The van der Waals surface area contributed by atoms with E-state index in [0.29, 0.717) is 8.34 Å². The fourth-order valence-electron chi connectivity index (χ4n) is 3.00. The van der Waals surface area contributed by atoms with Gasteiger partial charge in [-0.3, -0.25) is 0 Å². The van der Waals surface area contributed by atoms with Crippen molar-refractivity contribution in [1.82, 2.24) is 9.55 Å². The molecule has 0 radical (unpaired) electrons. The number of imidazole rings is 1. The van der Waals surface area contributed by atoms with Gasteiger partial charge in [0.25, 0.3) is 0 Å². The normalized spacial score (nSPS) is 18.6. The topological polar surface area (TPSA) is 20.7 Å². The van der Waals surface area contributed by atoms with Gasteiger partial charge in [0.1, 0.15) is 5.82 Å². The van der Waals surface area contributed by atoms with Crippen LogP contribution in [0.1, 0.15) is 32.6 Å². The molecular formula is C13H14FIN2S. The van der Waals surface area contributed by atoms with E-state index in [2.05, 4.69) is 16.5 Å². The molecule has 0 saturated heterocycles. The quantitative estimate of drug-likeness (QED) is 0.564. The number of fused-ring (bicyclic) bond motifs is 1. The lowest BCUT2D eigenvalue weighted by Gasteiger charge is -2.26. The van der Waals surface area contributed by atoms with Gasteiger partial charge < -0.3 is 9.55 Å². The van der Waals surface area contributed by atoms with Crippen LogP contribution >= 0.6 is 34.8 Å². The number of aromatic amines is 1. The molecule has 1 saturated carbocycles. The van der Waals surface area contributed by atoms with Crippen molar-refractivity contribution >= 4 is 45.8 Å². The molecule has 2 aromatic rings. The number of hydrogen-bond acceptors (Lipinski definition) is 1. The van der Waals surface area contributed by atoms with Gasteiger partial charge in [0.15, 0.2) is 4.77 Å². The molecule has 1 aromatic carbocycles. The van der Waals surface area contributed by atoms with Gasteiger partial charge in [-0.2, -0.15) is 0 Å². The summed E-state index contributed by atoms with van der Waals surface area (Å²) in [6, 6.07) is 3.43. The summed E-state index contributed by atoms with van der Waals surface area (Å²) >= 11 is 7.44. The lowest BCUT2D eigenvalue weighted by Crippen LogP contribution is -2.26. The molecule has 0 amide bonds. The highest BCUT2D eigenvalue weighted by atomic mass is 127. The summed E-state index contributed by atoms with van der Waals surface area (Å²) in [5.74, 6) is -0.174. The molecule has 3 rings (SSSR count). The highest BCUT2D eigenvalue weighted by Crippen LogP contribution is 2.38. The van der Waals surface area contributed by atoms with E-state index in [1.165, 1.54) is 12.8 Å². The second-order valence-corrected chi connectivity index (χ2v) is 6.80. The fraction of sp³-hybridized carbons (Fsp3) is 0.462. The lowest BCUT2D eigenvalue weighted by molar-refractivity contribution is 0.335. The van der Waals surface area contributed by atoms with Gasteiger partial charge in [-0.15, -0.1) is 0 Å². The Kier molecular flexibility index (Phi) is 3.01. The van der Waals surface area contributed by atoms with E-state index in [0.717, 1.165) is 23.9 Å². The van der Waals surface area contributed by atoms with Crippen molar-refractivity contribution in [2.75, 3.05) is 0 Å². The first-order valence-corrected chi connectivity index (χ1v) is 7.60. The van der Waals surface area contributed by atoms with Gasteiger partial charge in [0, 0.05) is 11.6 Å². The number of nitrogens with one attached hydrogen (secondary N) is 1. The van der Waals surface area contributed by atoms with E-state index in [-0.39, 0.29) is 11.4 Å². The molecule has 1 N–H and O–H groups in total. The van der Waals surface area contributed by atoms with Crippen LogP contribution in [0.5, 0.6) is 0 Å². The molecule has 0 spiro atoms. The van der Waals surface area contributed by atoms with Gasteiger partial charge in [-0.05, 0) is 60.6 Å². The molecule has 0 unspecified atom stereocenters. The molecule has 0 bridgehead atoms. The third kappa shape index (κ3) is 1.82. The summed E-state index contributed by atoms with van der Waals surface area (Å²) in [6.07, 6.45) is 4.67. The molecule has 2 nitrogen and oxygen atoms in total. The second-order valence-electron chi connectivity index (χ2n) is 5.25. The maximum atomic E-state index is 13.8. The molecule has 0 atom stereocenters. The minimum Gasteiger partial charge on any atom is -0.331 e. The zero-order chi connectivity index (χ0) is 12.9. The summed E-state index contributed by atoms with van der Waals surface area (Å²) in [5, 5.41) is 0. The van der Waals surface area contributed by atoms with Crippen LogP contribution in [0.2, 0.25) is 0 Å². The van der Waals surface area contributed by atoms with Crippen LogP contribution in [0.15, 0.2) is 12.1 Å². The molecule has 18 heavy (non-hydrogen) atoms. The number of aromatic nitrogens is 2. The first-order valence-electron chi connectivity index (χ1n) is 6.11. The van der Waals surface area contributed by atoms with E-state index >= 15 is 0 Å². The van der Waals surface area contributed by atoms with Gasteiger partial charge >= 0.3 is 0 Å². The monoisotopic (exact) mass is 376 g/mol. The van der Waals surface area contributed by atoms with Crippen LogP contribution in [-0.4, -0.2) is 9.55 Å². The first kappa shape index (κ1) is 12.6. The van der Waals surface area contributed by atoms with Crippen LogP contribution in [0.3, 0.4) is 0 Å². The van der Waals surface area contributed by atoms with Crippen molar-refractivity contribution in [3.05, 3.63) is 26.3 Å². The fourth-order valence-corrected chi connectivity index (χ4v) is 3.89. The maximum absolute atomic E-state index is 13.8. The number of benzene rings is 1. The van der Waals surface area contributed by atoms with Crippen molar-refractivity contribution in [2.45, 2.75) is 38.1 Å². The summed E-state index contributed by atoms with van der Waals surface area (Å²) in [4.78, 5) is 3.20. The highest BCUT2D eigenvalue weighted by molar-refractivity contribution is 14.1. The van der Waals surface area contributed by atoms with Crippen LogP contribution < -0.4 is 0 Å². The third-order valence-corrected chi connectivity index (χ3v) is 5.06. The van der Waals surface area contributed by atoms with Crippen LogP contribution in [0.4, 0.5) is 4.39 Å². The van der Waals surface area contributed by atoms with Crippen molar-refractivity contribution in [3.8, 4) is 0 Å². The summed E-state index contributed by atoms with van der Waals surface area (Å²) in [7, 11) is 0. The van der Waals surface area contributed by atoms with Crippen molar-refractivity contribution in [2.24, 2.45) is 0 Å². The predicted molar refractivity (Wildman–Crippen MR) is 81.9 cm³/mol. The zero-order valence-electron chi connectivity index (χ0n) is 10.1. The van der Waals surface area contributed by atoms with Gasteiger partial charge in [-0.25, -0.2) is 4.39 Å². The molecule has 5 heteroatoms. The second kappa shape index (κ2) is 4.30. The largest absolute Gasteiger partial charge is 0.331 e. The van der Waals surface area contributed by atoms with Crippen molar-refractivity contribution in [1.29, 1.82) is 0 Å². The van der Waals surface area contributed by atoms with Crippen LogP contribution in [-0.2, 0) is 5.54 Å². The first-order chi connectivity index (χ1) is 8.51. The van der Waals surface area contributed by atoms with E-state index in [4.69, 9.17) is 12.2 Å². The van der Waals surface area contributed by atoms with Gasteiger partial charge in [-0.1, -0.05) is 12.8 Å². The summed E-state index contributed by atoms with van der Waals surface area (Å²) < 4.78 is 17.2. The molecule has 1 heterocycles. The van der Waals surface area contributed by atoms with Crippen LogP contribution in [0.25, 0.3) is 11.0 Å². The Morgan fingerprint density at radius 3 is 2.72 bits per heavy atom. The average Bonchev–Trinajstić information content (AvgIpc) is 2.84. The van der Waals surface area contributed by atoms with Gasteiger partial charge in [0.05, 0.1) is 14.6 Å². The highest BCUT2D eigenvalue weighted by Gasteiger charge is 2.32. The lowest BCUT2D eigenvalue weighted by atomic mass is 10.0. The van der Waals surface area contributed by atoms with Gasteiger partial charge in [0.2, 0.25) is 0 Å². The van der Waals surface area contributed by atoms with Crippen LogP contribution in [0, 0.1) is 14.2 Å². The Balaban J connectivity index is 2.32. The Bertz CT molecular complexity index is 667. The molecule has 1 aromatic heterocycles. The van der Waals surface area contributed by atoms with E-state index in [9.17, 15) is 4.39 Å². The number of hydrogen-bond donors (Lipinski definition) is 1. The number of halogens is 2. The van der Waals surface area contributed by atoms with Crippen molar-refractivity contribution < 1.29 is 4.39 Å². The predicted octanol–water partition coefficient (Wildman–Crippen LogP) is 4.73. The maximum Gasteiger partial charge on any atom is 0.178 e. The minimum atomic E-state index is -0.174. The molecule has 1 aliphatic carbocycles. The Morgan fingerprint density at radius 2 is 2.06 bits per heavy atom. The number of rotatable bonds is 1. The summed E-state index contributed by atoms with van der Waals surface area (Å²) in [5.41, 5.74) is 1.86. The Morgan fingerprint density at radius 1 is 1.39 bits per heavy atom. The van der Waals surface area contributed by atoms with E-state index < -0.39 is 0 Å². The van der Waals surface area contributed by atoms with E-state index in [1.54, 1.807) is 6.07 Å².